The van der Waals surface area contributed by atoms with Crippen molar-refractivity contribution in [3.8, 4) is 22.8 Å². The zero-order chi connectivity index (χ0) is 21.2. The zero-order valence-electron chi connectivity index (χ0n) is 16.6. The molecule has 1 heterocycles. The quantitative estimate of drug-likeness (QED) is 0.328. The van der Waals surface area contributed by atoms with Crippen LogP contribution in [0.15, 0.2) is 59.8 Å². The fraction of sp³-hybridized carbons (Fsp3) is 0.190. The van der Waals surface area contributed by atoms with Crippen LogP contribution in [-0.2, 0) is 9.53 Å². The third-order valence-corrected chi connectivity index (χ3v) is 3.88. The van der Waals surface area contributed by atoms with Gasteiger partial charge in [-0.05, 0) is 43.3 Å². The van der Waals surface area contributed by atoms with Gasteiger partial charge in [-0.25, -0.2) is 15.2 Å². The van der Waals surface area contributed by atoms with Gasteiger partial charge in [0.2, 0.25) is 0 Å². The molecule has 0 spiro atoms. The van der Waals surface area contributed by atoms with Crippen LogP contribution in [0.1, 0.15) is 12.5 Å². The van der Waals surface area contributed by atoms with Crippen molar-refractivity contribution in [3.05, 3.63) is 60.3 Å². The number of nitrogens with zero attached hydrogens (tertiary/aromatic N) is 4. The first kappa shape index (κ1) is 20.7. The first-order valence-electron chi connectivity index (χ1n) is 9.20. The van der Waals surface area contributed by atoms with Crippen LogP contribution in [0.4, 0.5) is 5.95 Å². The van der Waals surface area contributed by atoms with Gasteiger partial charge >= 0.3 is 5.97 Å². The molecule has 3 aromatic rings. The van der Waals surface area contributed by atoms with E-state index in [-0.39, 0.29) is 12.6 Å². The van der Waals surface area contributed by atoms with Crippen LogP contribution in [0.2, 0.25) is 0 Å². The Balaban J connectivity index is 1.66. The summed E-state index contributed by atoms with van der Waals surface area (Å²) in [5.74, 6) is 1.07. The fourth-order valence-electron chi connectivity index (χ4n) is 2.47. The molecule has 0 fully saturated rings. The average Bonchev–Trinajstić information content (AvgIpc) is 2.79. The monoisotopic (exact) mass is 407 g/mol. The number of methoxy groups -OCH3 is 1. The largest absolute Gasteiger partial charge is 0.497 e. The molecule has 0 saturated heterocycles. The van der Waals surface area contributed by atoms with Crippen molar-refractivity contribution < 1.29 is 19.0 Å². The molecule has 154 valence electrons. The van der Waals surface area contributed by atoms with Crippen LogP contribution in [0.5, 0.6) is 11.5 Å². The molecule has 9 nitrogen and oxygen atoms in total. The summed E-state index contributed by atoms with van der Waals surface area (Å²) >= 11 is 0. The summed E-state index contributed by atoms with van der Waals surface area (Å²) in [6.07, 6.45) is 3.11. The minimum atomic E-state index is -0.433. The van der Waals surface area contributed by atoms with Gasteiger partial charge in [-0.1, -0.05) is 12.1 Å². The predicted molar refractivity (Wildman–Crippen MR) is 112 cm³/mol. The summed E-state index contributed by atoms with van der Waals surface area (Å²) < 4.78 is 15.5. The number of nitrogens with one attached hydrogen (secondary N) is 1. The molecule has 0 aliphatic heterocycles. The number of para-hydroxylation sites is 1. The zero-order valence-corrected chi connectivity index (χ0v) is 16.6. The smallest absolute Gasteiger partial charge is 0.344 e. The standard InChI is InChI=1S/C21H21N5O4/c1-3-29-20(27)14-30-19-7-5-4-6-16(19)12-22-25-21-24-18(13-23-26-21)15-8-10-17(28-2)11-9-15/h4-13H,3,14H2,1-2H3,(H,24,25,26)/b22-12-. The molecular weight excluding hydrogens is 386 g/mol. The Morgan fingerprint density at radius 3 is 2.73 bits per heavy atom. The molecule has 3 rings (SSSR count). The van der Waals surface area contributed by atoms with Crippen LogP contribution in [0, 0.1) is 0 Å². The number of hydrogen-bond acceptors (Lipinski definition) is 9. The Labute approximate surface area is 173 Å². The number of rotatable bonds is 9. The number of ether oxygens (including phenoxy) is 3. The lowest BCUT2D eigenvalue weighted by molar-refractivity contribution is -0.145. The minimum Gasteiger partial charge on any atom is -0.497 e. The van der Waals surface area contributed by atoms with Gasteiger partial charge in [0.15, 0.2) is 6.61 Å². The number of esters is 1. The van der Waals surface area contributed by atoms with Crippen molar-refractivity contribution in [1.82, 2.24) is 15.2 Å². The van der Waals surface area contributed by atoms with E-state index in [1.54, 1.807) is 44.6 Å². The second-order valence-corrected chi connectivity index (χ2v) is 5.90. The third kappa shape index (κ3) is 5.74. The summed E-state index contributed by atoms with van der Waals surface area (Å²) in [5.41, 5.74) is 4.94. The van der Waals surface area contributed by atoms with Gasteiger partial charge in [-0.3, -0.25) is 0 Å². The van der Waals surface area contributed by atoms with Crippen molar-refractivity contribution in [2.24, 2.45) is 5.10 Å². The van der Waals surface area contributed by atoms with E-state index in [0.717, 1.165) is 11.3 Å². The van der Waals surface area contributed by atoms with Crippen molar-refractivity contribution in [3.63, 3.8) is 0 Å². The van der Waals surface area contributed by atoms with E-state index in [2.05, 4.69) is 25.7 Å². The number of carbonyl (C=O) groups is 1. The number of carbonyl (C=O) groups excluding carboxylic acids is 1. The van der Waals surface area contributed by atoms with E-state index in [1.807, 2.05) is 30.3 Å². The number of hydrazone groups is 1. The molecule has 1 N–H and O–H groups in total. The molecule has 0 aliphatic rings. The Hall–Kier alpha value is -4.01. The topological polar surface area (TPSA) is 108 Å². The summed E-state index contributed by atoms with van der Waals surface area (Å²) in [5, 5.41) is 12.0. The minimum absolute atomic E-state index is 0.178. The van der Waals surface area contributed by atoms with Crippen LogP contribution < -0.4 is 14.9 Å². The van der Waals surface area contributed by atoms with Crippen molar-refractivity contribution >= 4 is 18.1 Å². The molecule has 0 unspecified atom stereocenters. The molecule has 0 bridgehead atoms. The summed E-state index contributed by atoms with van der Waals surface area (Å²) in [6.45, 7) is 1.87. The molecule has 30 heavy (non-hydrogen) atoms. The maximum absolute atomic E-state index is 11.5. The van der Waals surface area contributed by atoms with E-state index in [9.17, 15) is 4.79 Å². The second-order valence-electron chi connectivity index (χ2n) is 5.90. The maximum atomic E-state index is 11.5. The van der Waals surface area contributed by atoms with Gasteiger partial charge < -0.3 is 14.2 Å². The lowest BCUT2D eigenvalue weighted by Crippen LogP contribution is -2.15. The lowest BCUT2D eigenvalue weighted by atomic mass is 10.1. The molecule has 2 aromatic carbocycles. The van der Waals surface area contributed by atoms with Crippen molar-refractivity contribution in [1.29, 1.82) is 0 Å². The van der Waals surface area contributed by atoms with Gasteiger partial charge in [0, 0.05) is 11.1 Å². The second kappa shape index (κ2) is 10.5. The summed E-state index contributed by atoms with van der Waals surface area (Å²) in [6, 6.07) is 14.6. The highest BCUT2D eigenvalue weighted by atomic mass is 16.6. The molecule has 0 amide bonds. The Bertz CT molecular complexity index is 1010. The Morgan fingerprint density at radius 2 is 1.97 bits per heavy atom. The molecule has 9 heteroatoms. The third-order valence-electron chi connectivity index (χ3n) is 3.88. The van der Waals surface area contributed by atoms with E-state index < -0.39 is 5.97 Å². The van der Waals surface area contributed by atoms with Crippen LogP contribution in [-0.4, -0.2) is 47.7 Å². The number of anilines is 1. The van der Waals surface area contributed by atoms with E-state index >= 15 is 0 Å². The number of aromatic nitrogens is 3. The average molecular weight is 407 g/mol. The molecule has 0 saturated carbocycles. The van der Waals surface area contributed by atoms with Crippen LogP contribution >= 0.6 is 0 Å². The Morgan fingerprint density at radius 1 is 1.17 bits per heavy atom. The van der Waals surface area contributed by atoms with Gasteiger partial charge in [-0.2, -0.15) is 10.2 Å². The molecular formula is C21H21N5O4. The molecule has 1 aromatic heterocycles. The fourth-order valence-corrected chi connectivity index (χ4v) is 2.47. The van der Waals surface area contributed by atoms with Gasteiger partial charge in [-0.15, -0.1) is 5.10 Å². The first-order chi connectivity index (χ1) is 14.7. The van der Waals surface area contributed by atoms with Gasteiger partial charge in [0.1, 0.15) is 11.5 Å². The van der Waals surface area contributed by atoms with Crippen molar-refractivity contribution in [2.45, 2.75) is 6.92 Å². The Kier molecular flexibility index (Phi) is 7.26. The summed E-state index contributed by atoms with van der Waals surface area (Å²) in [4.78, 5) is 15.9. The molecule has 0 radical (unpaired) electrons. The maximum Gasteiger partial charge on any atom is 0.344 e. The SMILES string of the molecule is CCOC(=O)COc1ccccc1/C=N\Nc1nncc(-c2ccc(OC)cc2)n1. The highest BCUT2D eigenvalue weighted by Crippen LogP contribution is 2.20. The lowest BCUT2D eigenvalue weighted by Gasteiger charge is -2.08. The predicted octanol–water partition coefficient (Wildman–Crippen LogP) is 2.94. The highest BCUT2D eigenvalue weighted by Gasteiger charge is 2.06. The van der Waals surface area contributed by atoms with E-state index in [0.29, 0.717) is 23.6 Å². The van der Waals surface area contributed by atoms with Gasteiger partial charge in [0.25, 0.3) is 5.95 Å². The van der Waals surface area contributed by atoms with Crippen LogP contribution in [0.25, 0.3) is 11.3 Å². The number of hydrogen-bond donors (Lipinski definition) is 1. The molecule has 0 aliphatic carbocycles. The first-order valence-corrected chi connectivity index (χ1v) is 9.20. The highest BCUT2D eigenvalue weighted by molar-refractivity contribution is 5.84. The van der Waals surface area contributed by atoms with Gasteiger partial charge in [0.05, 0.1) is 31.8 Å². The van der Waals surface area contributed by atoms with E-state index in [4.69, 9.17) is 14.2 Å². The van der Waals surface area contributed by atoms with Crippen molar-refractivity contribution in [2.75, 3.05) is 25.7 Å². The molecule has 0 atom stereocenters. The number of benzene rings is 2. The van der Waals surface area contributed by atoms with E-state index in [1.165, 1.54) is 0 Å². The normalized spacial score (nSPS) is 10.6. The van der Waals surface area contributed by atoms with Crippen LogP contribution in [0.3, 0.4) is 0 Å². The summed E-state index contributed by atoms with van der Waals surface area (Å²) in [7, 11) is 1.61.